The fourth-order valence-corrected chi connectivity index (χ4v) is 10.2. The molecule has 4 fully saturated rings. The van der Waals surface area contributed by atoms with Gasteiger partial charge in [0.2, 0.25) is 0 Å². The Labute approximate surface area is 311 Å². The molecule has 4 aliphatic rings. The Bertz CT molecular complexity index is 1240. The molecule has 11 atom stereocenters. The standard InChI is InChI=1S/C41H68O11/c1-10-11-12-13-14-15-16-17-18-19-20-21-31(45)50-30-22-23-39(8,51-29(6)44)36-33-32(26(2)3)34(48-27(4)42)37(49-28(5)43)41(25-47-41)35(33)40(9,52-36)24-38(30,7)46/h26,30,32-37,46H,10-25H2,1-9H3/t30-,32+,33+,34-,35-,36+,37-,38-,39+,40+,41+/m0/s1. The molecule has 1 N–H and O–H groups in total. The van der Waals surface area contributed by atoms with Crippen molar-refractivity contribution >= 4 is 23.9 Å². The molecule has 0 aromatic heterocycles. The summed E-state index contributed by atoms with van der Waals surface area (Å²) in [6.07, 6.45) is 10.4. The first-order chi connectivity index (χ1) is 24.4. The molecule has 3 heterocycles. The van der Waals surface area contributed by atoms with E-state index in [1.807, 2.05) is 27.7 Å². The molecule has 11 heteroatoms. The van der Waals surface area contributed by atoms with Crippen LogP contribution in [0, 0.1) is 23.7 Å². The van der Waals surface area contributed by atoms with Crippen molar-refractivity contribution in [1.29, 1.82) is 0 Å². The summed E-state index contributed by atoms with van der Waals surface area (Å²) in [5, 5.41) is 12.3. The minimum Gasteiger partial charge on any atom is -0.459 e. The lowest BCUT2D eigenvalue weighted by Crippen LogP contribution is -2.66. The Balaban J connectivity index is 1.56. The third-order valence-corrected chi connectivity index (χ3v) is 12.3. The van der Waals surface area contributed by atoms with Gasteiger partial charge < -0.3 is 33.5 Å². The second kappa shape index (κ2) is 17.5. The van der Waals surface area contributed by atoms with Gasteiger partial charge in [0.15, 0.2) is 6.10 Å². The Morgan fingerprint density at radius 3 is 1.87 bits per heavy atom. The maximum atomic E-state index is 13.3. The van der Waals surface area contributed by atoms with E-state index >= 15 is 0 Å². The van der Waals surface area contributed by atoms with Crippen LogP contribution in [-0.2, 0) is 47.6 Å². The lowest BCUT2D eigenvalue weighted by molar-refractivity contribution is -0.209. The topological polar surface area (TPSA) is 147 Å². The highest BCUT2D eigenvalue weighted by Gasteiger charge is 2.79. The zero-order chi connectivity index (χ0) is 38.5. The number of aliphatic hydroxyl groups is 1. The van der Waals surface area contributed by atoms with Crippen LogP contribution in [0.15, 0.2) is 0 Å². The summed E-state index contributed by atoms with van der Waals surface area (Å²) in [6.45, 7) is 15.9. The van der Waals surface area contributed by atoms with Crippen molar-refractivity contribution in [3.05, 3.63) is 0 Å². The molecule has 0 radical (unpaired) electrons. The molecule has 0 aromatic rings. The number of rotatable bonds is 17. The van der Waals surface area contributed by atoms with Gasteiger partial charge in [0.05, 0.1) is 12.2 Å². The number of carbonyl (C=O) groups excluding carboxylic acids is 4. The number of unbranched alkanes of at least 4 members (excludes halogenated alkanes) is 10. The summed E-state index contributed by atoms with van der Waals surface area (Å²) in [5.74, 6) is -3.17. The van der Waals surface area contributed by atoms with Crippen LogP contribution in [-0.4, -0.2) is 82.4 Å². The van der Waals surface area contributed by atoms with Crippen LogP contribution in [0.2, 0.25) is 0 Å². The molecule has 0 amide bonds. The van der Waals surface area contributed by atoms with Gasteiger partial charge in [-0.25, -0.2) is 0 Å². The number of epoxide rings is 1. The molecule has 4 rings (SSSR count). The van der Waals surface area contributed by atoms with Gasteiger partial charge in [-0.3, -0.25) is 19.2 Å². The molecule has 3 saturated heterocycles. The zero-order valence-corrected chi connectivity index (χ0v) is 33.5. The number of esters is 4. The quantitative estimate of drug-likeness (QED) is 0.0702. The highest BCUT2D eigenvalue weighted by molar-refractivity contribution is 5.70. The van der Waals surface area contributed by atoms with Crippen LogP contribution < -0.4 is 0 Å². The summed E-state index contributed by atoms with van der Waals surface area (Å²) >= 11 is 0. The van der Waals surface area contributed by atoms with Gasteiger partial charge in [0, 0.05) is 51.4 Å². The van der Waals surface area contributed by atoms with Gasteiger partial charge in [-0.15, -0.1) is 0 Å². The molecule has 0 unspecified atom stereocenters. The molecular weight excluding hydrogens is 668 g/mol. The van der Waals surface area contributed by atoms with Crippen molar-refractivity contribution in [3.8, 4) is 0 Å². The van der Waals surface area contributed by atoms with Gasteiger partial charge in [-0.2, -0.15) is 0 Å². The van der Waals surface area contributed by atoms with E-state index in [1.165, 1.54) is 72.1 Å². The minimum atomic E-state index is -1.53. The fraction of sp³-hybridized carbons (Fsp3) is 0.902. The van der Waals surface area contributed by atoms with Crippen molar-refractivity contribution in [2.45, 2.75) is 205 Å². The molecule has 1 spiro atoms. The van der Waals surface area contributed by atoms with Gasteiger partial charge in [0.25, 0.3) is 0 Å². The van der Waals surface area contributed by atoms with Gasteiger partial charge >= 0.3 is 23.9 Å². The van der Waals surface area contributed by atoms with Crippen LogP contribution in [0.5, 0.6) is 0 Å². The van der Waals surface area contributed by atoms with Crippen molar-refractivity contribution in [2.75, 3.05) is 6.61 Å². The van der Waals surface area contributed by atoms with Crippen LogP contribution in [0.25, 0.3) is 0 Å². The SMILES string of the molecule is CCCCCCCCCCCCCC(=O)O[C@H]1CC[C@@](C)(OC(C)=O)[C@@H]2O[C@](C)(C[C@]1(C)O)[C@@H]1[C@H]2[C@@H](C(C)C)[C@H](OC(C)=O)[C@H](OC(C)=O)[C@@]12CO2. The monoisotopic (exact) mass is 736 g/mol. The van der Waals surface area contributed by atoms with Crippen molar-refractivity contribution in [2.24, 2.45) is 23.7 Å². The fourth-order valence-electron chi connectivity index (χ4n) is 10.2. The van der Waals surface area contributed by atoms with Crippen molar-refractivity contribution in [3.63, 3.8) is 0 Å². The summed E-state index contributed by atoms with van der Waals surface area (Å²) in [5.41, 5.74) is -4.91. The number of fused-ring (bicyclic) bond motifs is 6. The summed E-state index contributed by atoms with van der Waals surface area (Å²) < 4.78 is 37.6. The third-order valence-electron chi connectivity index (χ3n) is 12.3. The molecule has 0 aromatic carbocycles. The predicted octanol–water partition coefficient (Wildman–Crippen LogP) is 7.16. The summed E-state index contributed by atoms with van der Waals surface area (Å²) in [4.78, 5) is 51.2. The van der Waals surface area contributed by atoms with Crippen LogP contribution in [0.1, 0.15) is 159 Å². The molecular formula is C41H68O11. The highest BCUT2D eigenvalue weighted by Crippen LogP contribution is 2.66. The number of ether oxygens (including phenoxy) is 6. The molecule has 11 nitrogen and oxygen atoms in total. The van der Waals surface area contributed by atoms with E-state index in [9.17, 15) is 24.3 Å². The molecule has 52 heavy (non-hydrogen) atoms. The zero-order valence-electron chi connectivity index (χ0n) is 33.5. The Morgan fingerprint density at radius 1 is 0.808 bits per heavy atom. The molecule has 1 aliphatic carbocycles. The normalized spacial score (nSPS) is 38.1. The lowest BCUT2D eigenvalue weighted by Gasteiger charge is -2.53. The number of hydrogen-bond donors (Lipinski definition) is 1. The summed E-state index contributed by atoms with van der Waals surface area (Å²) in [7, 11) is 0. The van der Waals surface area contributed by atoms with E-state index in [0.29, 0.717) is 0 Å². The molecule has 3 aliphatic heterocycles. The third kappa shape index (κ3) is 9.70. The first-order valence-electron chi connectivity index (χ1n) is 20.2. The van der Waals surface area contributed by atoms with Crippen LogP contribution in [0.4, 0.5) is 0 Å². The van der Waals surface area contributed by atoms with E-state index < -0.39 is 70.6 Å². The van der Waals surface area contributed by atoms with Gasteiger partial charge in [-0.1, -0.05) is 85.0 Å². The van der Waals surface area contributed by atoms with Crippen molar-refractivity contribution in [1.82, 2.24) is 0 Å². The number of hydrogen-bond acceptors (Lipinski definition) is 11. The Hall–Kier alpha value is -2.24. The Kier molecular flexibility index (Phi) is 14.3. The predicted molar refractivity (Wildman–Crippen MR) is 194 cm³/mol. The average molecular weight is 737 g/mol. The average Bonchev–Trinajstić information content (AvgIpc) is 3.74. The molecule has 2 bridgehead atoms. The van der Waals surface area contributed by atoms with Crippen molar-refractivity contribution < 1.29 is 52.7 Å². The Morgan fingerprint density at radius 2 is 1.37 bits per heavy atom. The summed E-state index contributed by atoms with van der Waals surface area (Å²) in [6, 6.07) is 0. The molecule has 298 valence electrons. The largest absolute Gasteiger partial charge is 0.459 e. The van der Waals surface area contributed by atoms with Crippen LogP contribution >= 0.6 is 0 Å². The van der Waals surface area contributed by atoms with Crippen LogP contribution in [0.3, 0.4) is 0 Å². The second-order valence-corrected chi connectivity index (χ2v) is 17.3. The lowest BCUT2D eigenvalue weighted by atomic mass is 9.53. The smallest absolute Gasteiger partial charge is 0.306 e. The maximum Gasteiger partial charge on any atom is 0.306 e. The first-order valence-corrected chi connectivity index (χ1v) is 20.2. The van der Waals surface area contributed by atoms with Gasteiger partial charge in [-0.05, 0) is 46.0 Å². The minimum absolute atomic E-state index is 0.0746. The molecule has 1 saturated carbocycles. The first kappa shape index (κ1) is 42.5. The number of carbonyl (C=O) groups is 4. The van der Waals surface area contributed by atoms with E-state index in [1.54, 1.807) is 6.92 Å². The van der Waals surface area contributed by atoms with E-state index in [2.05, 4.69) is 6.92 Å². The second-order valence-electron chi connectivity index (χ2n) is 17.3. The van der Waals surface area contributed by atoms with E-state index in [0.717, 1.165) is 19.3 Å². The van der Waals surface area contributed by atoms with E-state index in [-0.39, 0.29) is 56.0 Å². The maximum absolute atomic E-state index is 13.3. The highest BCUT2D eigenvalue weighted by atomic mass is 16.7. The van der Waals surface area contributed by atoms with Gasteiger partial charge in [0.1, 0.15) is 35.1 Å². The van der Waals surface area contributed by atoms with E-state index in [4.69, 9.17) is 28.4 Å².